The number of hydrogen-bond donors (Lipinski definition) is 0. The van der Waals surface area contributed by atoms with Crippen molar-refractivity contribution in [3.05, 3.63) is 89.1 Å². The van der Waals surface area contributed by atoms with Crippen molar-refractivity contribution in [2.24, 2.45) is 7.05 Å². The first-order chi connectivity index (χ1) is 22.0. The van der Waals surface area contributed by atoms with Crippen LogP contribution in [0, 0.1) is 5.82 Å². The van der Waals surface area contributed by atoms with Crippen LogP contribution in [0.15, 0.2) is 67.3 Å². The topological polar surface area (TPSA) is 123 Å². The molecule has 0 radical (unpaired) electrons. The maximum Gasteiger partial charge on any atom is 0.410 e. The highest BCUT2D eigenvalue weighted by molar-refractivity contribution is 7.21. The Bertz CT molecular complexity index is 1940. The number of ether oxygens (including phenoxy) is 1. The predicted octanol–water partition coefficient (Wildman–Crippen LogP) is 5.90. The van der Waals surface area contributed by atoms with E-state index in [2.05, 4.69) is 20.3 Å². The number of thiophene rings is 1. The zero-order valence-corrected chi connectivity index (χ0v) is 26.6. The summed E-state index contributed by atoms with van der Waals surface area (Å²) in [5.41, 5.74) is 0.506. The van der Waals surface area contributed by atoms with Gasteiger partial charge in [0.1, 0.15) is 22.9 Å². The monoisotopic (exact) mass is 641 g/mol. The molecule has 0 N–H and O–H groups in total. The third-order valence-corrected chi connectivity index (χ3v) is 8.63. The standard InChI is InChI=1S/C33H32FN7O4S/c1-33(2,3)45-32(44)40-14-6-8-22(18-40)41(31(43)23-10-9-20(15-25(23)34)26-19-39(4)38-37-26)30-24-16-28(46-27(24)11-13-36-30)29(42)21-7-5-12-35-17-21/h5,7,9-13,15-17,19,22H,6,8,14,18H2,1-4H3/t22-/m1/s1. The van der Waals surface area contributed by atoms with Gasteiger partial charge in [-0.05, 0) is 70.0 Å². The number of carbonyl (C=O) groups is 3. The van der Waals surface area contributed by atoms with Crippen LogP contribution in [0.1, 0.15) is 59.2 Å². The second-order valence-corrected chi connectivity index (χ2v) is 13.2. The van der Waals surface area contributed by atoms with E-state index in [1.807, 2.05) is 0 Å². The average molecular weight is 642 g/mol. The van der Waals surface area contributed by atoms with Crippen molar-refractivity contribution < 1.29 is 23.5 Å². The zero-order chi connectivity index (χ0) is 32.6. The first kappa shape index (κ1) is 31.0. The lowest BCUT2D eigenvalue weighted by molar-refractivity contribution is 0.0196. The molecular formula is C33H32FN7O4S. The fourth-order valence-corrected chi connectivity index (χ4v) is 6.46. The number of anilines is 1. The summed E-state index contributed by atoms with van der Waals surface area (Å²) in [4.78, 5) is 53.0. The summed E-state index contributed by atoms with van der Waals surface area (Å²) in [7, 11) is 1.71. The Morgan fingerprint density at radius 3 is 2.63 bits per heavy atom. The Balaban J connectivity index is 1.42. The van der Waals surface area contributed by atoms with Gasteiger partial charge in [-0.15, -0.1) is 16.4 Å². The number of aromatic nitrogens is 5. The second-order valence-electron chi connectivity index (χ2n) is 12.1. The summed E-state index contributed by atoms with van der Waals surface area (Å²) in [6.07, 6.45) is 6.95. The number of piperidine rings is 1. The largest absolute Gasteiger partial charge is 0.444 e. The lowest BCUT2D eigenvalue weighted by Gasteiger charge is -2.39. The van der Waals surface area contributed by atoms with E-state index in [0.29, 0.717) is 46.5 Å². The molecule has 0 unspecified atom stereocenters. The number of amides is 2. The molecule has 0 aliphatic carbocycles. The van der Waals surface area contributed by atoms with Crippen molar-refractivity contribution in [1.29, 1.82) is 0 Å². The van der Waals surface area contributed by atoms with E-state index in [0.717, 1.165) is 4.70 Å². The highest BCUT2D eigenvalue weighted by Gasteiger charge is 2.36. The third-order valence-electron chi connectivity index (χ3n) is 7.53. The Hall–Kier alpha value is -5.04. The van der Waals surface area contributed by atoms with Crippen LogP contribution in [0.4, 0.5) is 15.0 Å². The van der Waals surface area contributed by atoms with E-state index in [9.17, 15) is 14.4 Å². The zero-order valence-electron chi connectivity index (χ0n) is 25.8. The second kappa shape index (κ2) is 12.4. The summed E-state index contributed by atoms with van der Waals surface area (Å²) in [6.45, 7) is 5.99. The average Bonchev–Trinajstić information content (AvgIpc) is 3.67. The van der Waals surface area contributed by atoms with Crippen molar-refractivity contribution >= 4 is 45.0 Å². The molecule has 0 saturated carbocycles. The predicted molar refractivity (Wildman–Crippen MR) is 171 cm³/mol. The Kier molecular flexibility index (Phi) is 8.34. The van der Waals surface area contributed by atoms with Crippen LogP contribution in [0.25, 0.3) is 21.3 Å². The summed E-state index contributed by atoms with van der Waals surface area (Å²) in [6, 6.07) is 10.6. The summed E-state index contributed by atoms with van der Waals surface area (Å²) in [5.74, 6) is -1.29. The highest BCUT2D eigenvalue weighted by Crippen LogP contribution is 2.36. The van der Waals surface area contributed by atoms with E-state index in [1.165, 1.54) is 39.2 Å². The molecule has 4 aromatic heterocycles. The number of ketones is 1. The smallest absolute Gasteiger partial charge is 0.410 e. The molecule has 1 atom stereocenters. The molecule has 1 aromatic carbocycles. The number of aryl methyl sites for hydroxylation is 1. The normalized spacial score (nSPS) is 15.2. The summed E-state index contributed by atoms with van der Waals surface area (Å²) in [5, 5.41) is 8.52. The Morgan fingerprint density at radius 1 is 1.11 bits per heavy atom. The molecule has 1 aliphatic heterocycles. The number of carbonyl (C=O) groups excluding carboxylic acids is 3. The first-order valence-corrected chi connectivity index (χ1v) is 15.6. The molecule has 11 nitrogen and oxygen atoms in total. The van der Waals surface area contributed by atoms with Crippen LogP contribution in [0.5, 0.6) is 0 Å². The minimum atomic E-state index is -0.733. The van der Waals surface area contributed by atoms with E-state index in [4.69, 9.17) is 4.74 Å². The van der Waals surface area contributed by atoms with Crippen molar-refractivity contribution in [3.63, 3.8) is 0 Å². The number of likely N-dealkylation sites (tertiary alicyclic amines) is 1. The van der Waals surface area contributed by atoms with Gasteiger partial charge >= 0.3 is 6.09 Å². The number of benzene rings is 1. The van der Waals surface area contributed by atoms with Crippen LogP contribution in [-0.2, 0) is 11.8 Å². The van der Waals surface area contributed by atoms with Crippen LogP contribution in [0.3, 0.4) is 0 Å². The fraction of sp³-hybridized carbons (Fsp3) is 0.303. The Labute approximate surface area is 268 Å². The fourth-order valence-electron chi connectivity index (χ4n) is 5.44. The summed E-state index contributed by atoms with van der Waals surface area (Å²) >= 11 is 1.27. The molecule has 0 spiro atoms. The van der Waals surface area contributed by atoms with Gasteiger partial charge in [0.25, 0.3) is 5.91 Å². The molecule has 1 aliphatic rings. The number of nitrogens with zero attached hydrogens (tertiary/aromatic N) is 7. The van der Waals surface area contributed by atoms with Crippen molar-refractivity contribution in [1.82, 2.24) is 29.9 Å². The molecule has 5 heterocycles. The summed E-state index contributed by atoms with van der Waals surface area (Å²) < 4.78 is 23.6. The molecule has 1 fully saturated rings. The van der Waals surface area contributed by atoms with E-state index in [1.54, 1.807) is 81.6 Å². The lowest BCUT2D eigenvalue weighted by atomic mass is 10.0. The number of pyridine rings is 2. The van der Waals surface area contributed by atoms with Crippen LogP contribution in [-0.4, -0.2) is 72.4 Å². The van der Waals surface area contributed by atoms with Crippen molar-refractivity contribution in [2.75, 3.05) is 18.0 Å². The van der Waals surface area contributed by atoms with Gasteiger partial charge in [0.2, 0.25) is 5.78 Å². The van der Waals surface area contributed by atoms with Crippen LogP contribution >= 0.6 is 11.3 Å². The maximum atomic E-state index is 15.8. The highest BCUT2D eigenvalue weighted by atomic mass is 32.1. The number of halogens is 1. The SMILES string of the molecule is Cn1cc(-c2ccc(C(=O)N(c3nccc4sc(C(=O)c5cccnc5)cc34)[C@@H]3CCCN(C(=O)OC(C)(C)C)C3)c(F)c2)nn1. The molecule has 13 heteroatoms. The molecular weight excluding hydrogens is 609 g/mol. The van der Waals surface area contributed by atoms with E-state index < -0.39 is 29.5 Å². The number of fused-ring (bicyclic) bond motifs is 1. The van der Waals surface area contributed by atoms with Crippen molar-refractivity contribution in [3.8, 4) is 11.3 Å². The van der Waals surface area contributed by atoms with Gasteiger partial charge in [-0.1, -0.05) is 11.3 Å². The van der Waals surface area contributed by atoms with E-state index in [-0.39, 0.29) is 23.7 Å². The molecule has 1 saturated heterocycles. The van der Waals surface area contributed by atoms with Gasteiger partial charge in [-0.25, -0.2) is 14.2 Å². The van der Waals surface area contributed by atoms with Gasteiger partial charge in [-0.2, -0.15) is 0 Å². The number of hydrogen-bond acceptors (Lipinski definition) is 9. The number of rotatable bonds is 6. The van der Waals surface area contributed by atoms with E-state index >= 15 is 4.39 Å². The van der Waals surface area contributed by atoms with Gasteiger partial charge in [0.15, 0.2) is 0 Å². The van der Waals surface area contributed by atoms with Gasteiger partial charge < -0.3 is 9.64 Å². The third kappa shape index (κ3) is 6.36. The minimum Gasteiger partial charge on any atom is -0.444 e. The Morgan fingerprint density at radius 2 is 1.93 bits per heavy atom. The molecule has 0 bridgehead atoms. The van der Waals surface area contributed by atoms with Gasteiger partial charge in [-0.3, -0.25) is 24.2 Å². The van der Waals surface area contributed by atoms with Crippen LogP contribution in [0.2, 0.25) is 0 Å². The maximum absolute atomic E-state index is 15.8. The molecule has 2 amide bonds. The lowest BCUT2D eigenvalue weighted by Crippen LogP contribution is -2.53. The van der Waals surface area contributed by atoms with Gasteiger partial charge in [0, 0.05) is 59.9 Å². The molecule has 5 aromatic rings. The van der Waals surface area contributed by atoms with Crippen LogP contribution < -0.4 is 4.90 Å². The first-order valence-electron chi connectivity index (χ1n) is 14.8. The quantitative estimate of drug-likeness (QED) is 0.210. The molecule has 6 rings (SSSR count). The molecule has 236 valence electrons. The minimum absolute atomic E-state index is 0.156. The van der Waals surface area contributed by atoms with Gasteiger partial charge in [0.05, 0.1) is 22.7 Å². The van der Waals surface area contributed by atoms with Crippen molar-refractivity contribution in [2.45, 2.75) is 45.3 Å². The molecule has 46 heavy (non-hydrogen) atoms.